The Morgan fingerprint density at radius 1 is 0.895 bits per heavy atom. The van der Waals surface area contributed by atoms with E-state index in [1.54, 1.807) is 0 Å². The van der Waals surface area contributed by atoms with E-state index in [0.29, 0.717) is 6.04 Å². The predicted octanol–water partition coefficient (Wildman–Crippen LogP) is 4.33. The molecule has 114 valence electrons. The molecule has 1 aliphatic rings. The first-order valence-corrected chi connectivity index (χ1v) is 8.81. The molecule has 0 aromatic heterocycles. The molecule has 0 radical (unpaired) electrons. The minimum absolute atomic E-state index is 0.442. The van der Waals surface area contributed by atoms with Gasteiger partial charge in [0, 0.05) is 12.6 Å². The van der Waals surface area contributed by atoms with E-state index in [2.05, 4.69) is 11.8 Å². The maximum atomic E-state index is 6.00. The lowest BCUT2D eigenvalue weighted by molar-refractivity contribution is 0.205. The first-order valence-electron chi connectivity index (χ1n) is 8.81. The van der Waals surface area contributed by atoms with Crippen LogP contribution < -0.4 is 5.73 Å². The molecule has 2 nitrogen and oxygen atoms in total. The van der Waals surface area contributed by atoms with Crippen molar-refractivity contribution in [2.45, 2.75) is 90.0 Å². The Kier molecular flexibility index (Phi) is 10.5. The van der Waals surface area contributed by atoms with Crippen LogP contribution in [0.2, 0.25) is 0 Å². The molecule has 0 unspecified atom stereocenters. The Morgan fingerprint density at radius 3 is 2.05 bits per heavy atom. The maximum Gasteiger partial charge on any atom is 0.0168 e. The third kappa shape index (κ3) is 9.45. The van der Waals surface area contributed by atoms with Gasteiger partial charge in [0.15, 0.2) is 0 Å². The second-order valence-electron chi connectivity index (χ2n) is 6.38. The average Bonchev–Trinajstić information content (AvgIpc) is 2.41. The largest absolute Gasteiger partial charge is 0.327 e. The van der Waals surface area contributed by atoms with Gasteiger partial charge >= 0.3 is 0 Å². The summed E-state index contributed by atoms with van der Waals surface area (Å²) in [7, 11) is 0. The summed E-state index contributed by atoms with van der Waals surface area (Å²) in [5, 5.41) is 0. The van der Waals surface area contributed by atoms with Crippen molar-refractivity contribution in [3.8, 4) is 0 Å². The van der Waals surface area contributed by atoms with Crippen LogP contribution in [0.15, 0.2) is 0 Å². The zero-order valence-electron chi connectivity index (χ0n) is 13.2. The van der Waals surface area contributed by atoms with Gasteiger partial charge in [0.1, 0.15) is 0 Å². The monoisotopic (exact) mass is 268 g/mol. The number of unbranched alkanes of at least 4 members (excludes halogenated alkanes) is 9. The van der Waals surface area contributed by atoms with Crippen molar-refractivity contribution in [3.05, 3.63) is 0 Å². The van der Waals surface area contributed by atoms with E-state index in [1.807, 2.05) is 0 Å². The highest BCUT2D eigenvalue weighted by atomic mass is 15.1. The van der Waals surface area contributed by atoms with Crippen molar-refractivity contribution < 1.29 is 0 Å². The van der Waals surface area contributed by atoms with Gasteiger partial charge in [-0.05, 0) is 32.4 Å². The number of rotatable bonds is 11. The summed E-state index contributed by atoms with van der Waals surface area (Å²) in [6.07, 6.45) is 16.8. The van der Waals surface area contributed by atoms with Crippen molar-refractivity contribution in [2.24, 2.45) is 5.73 Å². The average molecular weight is 268 g/mol. The molecule has 0 amide bonds. The van der Waals surface area contributed by atoms with Crippen molar-refractivity contribution in [1.82, 2.24) is 4.90 Å². The van der Waals surface area contributed by atoms with Crippen LogP contribution in [0.4, 0.5) is 0 Å². The summed E-state index contributed by atoms with van der Waals surface area (Å²) in [6.45, 7) is 5.99. The van der Waals surface area contributed by atoms with Crippen molar-refractivity contribution in [3.63, 3.8) is 0 Å². The maximum absolute atomic E-state index is 6.00. The summed E-state index contributed by atoms with van der Waals surface area (Å²) >= 11 is 0. The lowest BCUT2D eigenvalue weighted by Crippen LogP contribution is -2.43. The van der Waals surface area contributed by atoms with E-state index in [0.717, 1.165) is 6.54 Å². The fraction of sp³-hybridized carbons (Fsp3) is 1.00. The van der Waals surface area contributed by atoms with Gasteiger partial charge in [0.2, 0.25) is 0 Å². The van der Waals surface area contributed by atoms with Crippen molar-refractivity contribution in [1.29, 1.82) is 0 Å². The van der Waals surface area contributed by atoms with Crippen LogP contribution in [0.1, 0.15) is 84.0 Å². The minimum atomic E-state index is 0.442. The smallest absolute Gasteiger partial charge is 0.0168 e. The Balaban J connectivity index is 1.78. The fourth-order valence-electron chi connectivity index (χ4n) is 3.12. The number of nitrogens with two attached hydrogens (primary N) is 1. The second kappa shape index (κ2) is 11.7. The van der Waals surface area contributed by atoms with Crippen molar-refractivity contribution in [2.75, 3.05) is 19.6 Å². The van der Waals surface area contributed by atoms with Gasteiger partial charge in [-0.2, -0.15) is 0 Å². The number of hydrogen-bond donors (Lipinski definition) is 1. The van der Waals surface area contributed by atoms with E-state index in [4.69, 9.17) is 5.73 Å². The van der Waals surface area contributed by atoms with Gasteiger partial charge < -0.3 is 10.6 Å². The van der Waals surface area contributed by atoms with E-state index >= 15 is 0 Å². The molecule has 0 spiro atoms. The molecule has 1 heterocycles. The molecule has 1 atom stereocenters. The first kappa shape index (κ1) is 17.0. The van der Waals surface area contributed by atoms with E-state index < -0.39 is 0 Å². The first-order chi connectivity index (χ1) is 9.33. The zero-order chi connectivity index (χ0) is 13.8. The Hall–Kier alpha value is -0.0800. The molecule has 2 heteroatoms. The van der Waals surface area contributed by atoms with Gasteiger partial charge in [-0.15, -0.1) is 0 Å². The third-order valence-electron chi connectivity index (χ3n) is 4.37. The van der Waals surface area contributed by atoms with Crippen LogP contribution >= 0.6 is 0 Å². The molecule has 0 aliphatic carbocycles. The van der Waals surface area contributed by atoms with Gasteiger partial charge in [-0.3, -0.25) is 0 Å². The van der Waals surface area contributed by atoms with Crippen molar-refractivity contribution >= 4 is 0 Å². The quantitative estimate of drug-likeness (QED) is 0.565. The molecule has 19 heavy (non-hydrogen) atoms. The molecule has 0 saturated carbocycles. The summed E-state index contributed by atoms with van der Waals surface area (Å²) in [5.41, 5.74) is 6.00. The van der Waals surface area contributed by atoms with Crippen LogP contribution in [0, 0.1) is 0 Å². The highest BCUT2D eigenvalue weighted by Crippen LogP contribution is 2.12. The number of likely N-dealkylation sites (tertiary alicyclic amines) is 1. The predicted molar refractivity (Wildman–Crippen MR) is 85.5 cm³/mol. The summed E-state index contributed by atoms with van der Waals surface area (Å²) in [6, 6.07) is 0.442. The minimum Gasteiger partial charge on any atom is -0.327 e. The van der Waals surface area contributed by atoms with Gasteiger partial charge in [0.25, 0.3) is 0 Å². The standard InChI is InChI=1S/C17H36N2/c1-2-3-4-5-6-7-8-9-10-11-14-19-15-12-13-17(18)16-19/h17H,2-16,18H2,1H3/t17-/m0/s1. The molecule has 2 N–H and O–H groups in total. The Morgan fingerprint density at radius 2 is 1.47 bits per heavy atom. The van der Waals surface area contributed by atoms with Gasteiger partial charge in [-0.25, -0.2) is 0 Å². The SMILES string of the molecule is CCCCCCCCCCCCN1CCC[C@H](N)C1. The molecular formula is C17H36N2. The molecule has 1 aliphatic heterocycles. The lowest BCUT2D eigenvalue weighted by atomic mass is 10.0. The molecular weight excluding hydrogens is 232 g/mol. The molecule has 0 aromatic carbocycles. The lowest BCUT2D eigenvalue weighted by Gasteiger charge is -2.30. The van der Waals surface area contributed by atoms with E-state index in [9.17, 15) is 0 Å². The third-order valence-corrected chi connectivity index (χ3v) is 4.37. The topological polar surface area (TPSA) is 29.3 Å². The molecule has 0 aromatic rings. The van der Waals surface area contributed by atoms with Crippen LogP contribution in [0.3, 0.4) is 0 Å². The number of piperidine rings is 1. The normalized spacial score (nSPS) is 20.8. The summed E-state index contributed by atoms with van der Waals surface area (Å²) in [4.78, 5) is 2.57. The summed E-state index contributed by atoms with van der Waals surface area (Å²) in [5.74, 6) is 0. The molecule has 1 saturated heterocycles. The second-order valence-corrected chi connectivity index (χ2v) is 6.38. The van der Waals surface area contributed by atoms with E-state index in [1.165, 1.54) is 90.1 Å². The Labute approximate surface area is 121 Å². The fourth-order valence-corrected chi connectivity index (χ4v) is 3.12. The van der Waals surface area contributed by atoms with Crippen LogP contribution in [0.5, 0.6) is 0 Å². The number of nitrogens with zero attached hydrogens (tertiary/aromatic N) is 1. The Bertz CT molecular complexity index is 194. The number of hydrogen-bond acceptors (Lipinski definition) is 2. The van der Waals surface area contributed by atoms with Gasteiger partial charge in [0.05, 0.1) is 0 Å². The highest BCUT2D eigenvalue weighted by molar-refractivity contribution is 4.74. The molecule has 0 bridgehead atoms. The zero-order valence-corrected chi connectivity index (χ0v) is 13.2. The summed E-state index contributed by atoms with van der Waals surface area (Å²) < 4.78 is 0. The van der Waals surface area contributed by atoms with E-state index in [-0.39, 0.29) is 0 Å². The molecule has 1 rings (SSSR count). The van der Waals surface area contributed by atoms with Crippen LogP contribution in [0.25, 0.3) is 0 Å². The van der Waals surface area contributed by atoms with Gasteiger partial charge in [-0.1, -0.05) is 64.7 Å². The highest BCUT2D eigenvalue weighted by Gasteiger charge is 2.15. The van der Waals surface area contributed by atoms with Crippen LogP contribution in [-0.2, 0) is 0 Å². The molecule has 1 fully saturated rings. The van der Waals surface area contributed by atoms with Crippen LogP contribution in [-0.4, -0.2) is 30.6 Å².